The molecule has 0 saturated carbocycles. The maximum atomic E-state index is 12.6. The van der Waals surface area contributed by atoms with E-state index in [-0.39, 0.29) is 36.8 Å². The molecule has 0 heterocycles. The van der Waals surface area contributed by atoms with Crippen molar-refractivity contribution in [1.29, 1.82) is 0 Å². The number of rotatable bonds is 24. The Morgan fingerprint density at radius 1 is 0.872 bits per heavy atom. The number of Topliss-reactive ketones (excluding diaryl/α,β-unsaturated/α-hetero) is 1. The summed E-state index contributed by atoms with van der Waals surface area (Å²) in [6.07, 6.45) is 22.3. The van der Waals surface area contributed by atoms with Crippen molar-refractivity contribution >= 4 is 17.8 Å². The lowest BCUT2D eigenvalue weighted by atomic mass is 9.93. The van der Waals surface area contributed by atoms with Gasteiger partial charge in [0, 0.05) is 25.0 Å². The van der Waals surface area contributed by atoms with Crippen LogP contribution in [0, 0.1) is 5.92 Å². The first kappa shape index (κ1) is 34.6. The standard InChI is InChI=1S/C33H52O6/c1-2-3-4-9-12-15-30(35)16-13-10-7-5-6-8-11-14-17-32(37)29(24-26-34)25-27-39-33(38)23-20-28-18-21-31(36)22-19-28/h10,13,18-23,29-30,34-36H,2-9,11-12,14-17,24-27H2,1H3/b13-10-,23-20+/t29?,30-/m0/s1. The van der Waals surface area contributed by atoms with E-state index < -0.39 is 5.97 Å². The molecule has 0 bridgehead atoms. The predicted octanol–water partition coefficient (Wildman–Crippen LogP) is 7.30. The summed E-state index contributed by atoms with van der Waals surface area (Å²) in [5.74, 6) is -0.483. The third-order valence-electron chi connectivity index (χ3n) is 6.96. The lowest BCUT2D eigenvalue weighted by Gasteiger charge is -2.14. The van der Waals surface area contributed by atoms with Crippen molar-refractivity contribution in [1.82, 2.24) is 0 Å². The molecule has 0 aliphatic carbocycles. The second-order valence-electron chi connectivity index (χ2n) is 10.4. The Labute approximate surface area is 236 Å². The number of carbonyl (C=O) groups excluding carboxylic acids is 2. The molecule has 39 heavy (non-hydrogen) atoms. The van der Waals surface area contributed by atoms with Crippen molar-refractivity contribution in [3.63, 3.8) is 0 Å². The minimum absolute atomic E-state index is 0.0609. The summed E-state index contributed by atoms with van der Waals surface area (Å²) in [5, 5.41) is 28.7. The number of allylic oxidation sites excluding steroid dienone is 1. The van der Waals surface area contributed by atoms with E-state index in [4.69, 9.17) is 4.74 Å². The van der Waals surface area contributed by atoms with Crippen LogP contribution in [0.4, 0.5) is 0 Å². The highest BCUT2D eigenvalue weighted by Gasteiger charge is 2.18. The van der Waals surface area contributed by atoms with Crippen LogP contribution in [0.3, 0.4) is 0 Å². The molecule has 3 N–H and O–H groups in total. The molecule has 0 saturated heterocycles. The number of phenolic OH excluding ortho intramolecular Hbond substituents is 1. The maximum absolute atomic E-state index is 12.6. The fraction of sp³-hybridized carbons (Fsp3) is 0.636. The number of ether oxygens (including phenoxy) is 1. The number of hydrogen-bond acceptors (Lipinski definition) is 6. The van der Waals surface area contributed by atoms with Gasteiger partial charge in [0.05, 0.1) is 12.7 Å². The first-order chi connectivity index (χ1) is 19.0. The van der Waals surface area contributed by atoms with Gasteiger partial charge in [-0.15, -0.1) is 0 Å². The van der Waals surface area contributed by atoms with Crippen molar-refractivity contribution in [2.24, 2.45) is 5.92 Å². The highest BCUT2D eigenvalue weighted by molar-refractivity contribution is 5.87. The van der Waals surface area contributed by atoms with Crippen LogP contribution >= 0.6 is 0 Å². The van der Waals surface area contributed by atoms with Crippen molar-refractivity contribution in [2.45, 2.75) is 116 Å². The molecule has 0 fully saturated rings. The number of phenols is 1. The number of aromatic hydroxyl groups is 1. The normalized spacial score (nSPS) is 13.2. The average Bonchev–Trinajstić information content (AvgIpc) is 2.93. The van der Waals surface area contributed by atoms with Crippen molar-refractivity contribution in [3.05, 3.63) is 48.1 Å². The summed E-state index contributed by atoms with van der Waals surface area (Å²) in [7, 11) is 0. The van der Waals surface area contributed by atoms with Crippen LogP contribution in [0.1, 0.15) is 115 Å². The minimum Gasteiger partial charge on any atom is -0.508 e. The Kier molecular flexibility index (Phi) is 20.8. The van der Waals surface area contributed by atoms with Crippen LogP contribution in [0.15, 0.2) is 42.5 Å². The third kappa shape index (κ3) is 19.3. The van der Waals surface area contributed by atoms with Gasteiger partial charge in [-0.05, 0) is 68.7 Å². The molecule has 6 heteroatoms. The van der Waals surface area contributed by atoms with Crippen LogP contribution in [-0.2, 0) is 14.3 Å². The Hall–Kier alpha value is -2.44. The van der Waals surface area contributed by atoms with Crippen LogP contribution in [0.2, 0.25) is 0 Å². The highest BCUT2D eigenvalue weighted by atomic mass is 16.5. The molecule has 220 valence electrons. The molecule has 1 rings (SSSR count). The zero-order valence-corrected chi connectivity index (χ0v) is 24.1. The second-order valence-corrected chi connectivity index (χ2v) is 10.4. The molecule has 2 atom stereocenters. The van der Waals surface area contributed by atoms with Crippen molar-refractivity contribution < 1.29 is 29.6 Å². The molecule has 0 radical (unpaired) electrons. The molecule has 6 nitrogen and oxygen atoms in total. The molecule has 1 unspecified atom stereocenters. The number of esters is 1. The van der Waals surface area contributed by atoms with E-state index in [0.717, 1.165) is 63.4 Å². The van der Waals surface area contributed by atoms with Gasteiger partial charge in [-0.1, -0.05) is 82.6 Å². The van der Waals surface area contributed by atoms with E-state index >= 15 is 0 Å². The quantitative estimate of drug-likeness (QED) is 0.0546. The summed E-state index contributed by atoms with van der Waals surface area (Å²) >= 11 is 0. The molecule has 0 aromatic heterocycles. The van der Waals surface area contributed by atoms with Gasteiger partial charge in [0.2, 0.25) is 0 Å². The van der Waals surface area contributed by atoms with E-state index in [1.165, 1.54) is 31.8 Å². The largest absolute Gasteiger partial charge is 0.508 e. The van der Waals surface area contributed by atoms with Gasteiger partial charge in [-0.3, -0.25) is 4.79 Å². The number of hydrogen-bond donors (Lipinski definition) is 3. The smallest absolute Gasteiger partial charge is 0.330 e. The number of aliphatic hydroxyl groups excluding tert-OH is 2. The molecule has 0 aliphatic rings. The van der Waals surface area contributed by atoms with Gasteiger partial charge in [-0.25, -0.2) is 4.79 Å². The van der Waals surface area contributed by atoms with E-state index in [0.29, 0.717) is 19.3 Å². The Balaban J connectivity index is 2.10. The number of benzene rings is 1. The topological polar surface area (TPSA) is 104 Å². The predicted molar refractivity (Wildman–Crippen MR) is 158 cm³/mol. The lowest BCUT2D eigenvalue weighted by molar-refractivity contribution is -0.139. The van der Waals surface area contributed by atoms with E-state index in [1.807, 2.05) is 0 Å². The number of ketones is 1. The zero-order chi connectivity index (χ0) is 28.6. The summed E-state index contributed by atoms with van der Waals surface area (Å²) in [4.78, 5) is 24.5. The van der Waals surface area contributed by atoms with Gasteiger partial charge in [0.1, 0.15) is 11.5 Å². The van der Waals surface area contributed by atoms with Crippen molar-refractivity contribution in [2.75, 3.05) is 13.2 Å². The zero-order valence-electron chi connectivity index (χ0n) is 24.1. The fourth-order valence-corrected chi connectivity index (χ4v) is 4.49. The average molecular weight is 545 g/mol. The van der Waals surface area contributed by atoms with Gasteiger partial charge >= 0.3 is 5.97 Å². The monoisotopic (exact) mass is 544 g/mol. The Morgan fingerprint density at radius 3 is 2.31 bits per heavy atom. The first-order valence-corrected chi connectivity index (χ1v) is 15.1. The number of aliphatic hydroxyl groups is 2. The summed E-state index contributed by atoms with van der Waals surface area (Å²) < 4.78 is 5.23. The van der Waals surface area contributed by atoms with Gasteiger partial charge in [-0.2, -0.15) is 0 Å². The molecular formula is C33H52O6. The second kappa shape index (κ2) is 23.4. The molecule has 0 amide bonds. The van der Waals surface area contributed by atoms with Crippen LogP contribution < -0.4 is 0 Å². The minimum atomic E-state index is -0.484. The van der Waals surface area contributed by atoms with Crippen LogP contribution in [-0.4, -0.2) is 46.4 Å². The molecule has 0 aliphatic heterocycles. The summed E-state index contributed by atoms with van der Waals surface area (Å²) in [6, 6.07) is 6.47. The summed E-state index contributed by atoms with van der Waals surface area (Å²) in [5.41, 5.74) is 0.771. The van der Waals surface area contributed by atoms with Gasteiger partial charge in [0.15, 0.2) is 0 Å². The molecule has 1 aromatic rings. The van der Waals surface area contributed by atoms with E-state index in [1.54, 1.807) is 30.3 Å². The maximum Gasteiger partial charge on any atom is 0.330 e. The van der Waals surface area contributed by atoms with Crippen LogP contribution in [0.25, 0.3) is 6.08 Å². The third-order valence-corrected chi connectivity index (χ3v) is 6.96. The Bertz CT molecular complexity index is 814. The highest BCUT2D eigenvalue weighted by Crippen LogP contribution is 2.17. The Morgan fingerprint density at radius 2 is 1.56 bits per heavy atom. The fourth-order valence-electron chi connectivity index (χ4n) is 4.49. The lowest BCUT2D eigenvalue weighted by Crippen LogP contribution is -2.19. The van der Waals surface area contributed by atoms with Gasteiger partial charge in [0.25, 0.3) is 0 Å². The molecule has 0 spiro atoms. The van der Waals surface area contributed by atoms with Crippen molar-refractivity contribution in [3.8, 4) is 5.75 Å². The number of unbranched alkanes of at least 4 members (excludes halogenated alkanes) is 9. The first-order valence-electron chi connectivity index (χ1n) is 15.1. The molecule has 1 aromatic carbocycles. The van der Waals surface area contributed by atoms with Crippen LogP contribution in [0.5, 0.6) is 5.75 Å². The van der Waals surface area contributed by atoms with E-state index in [2.05, 4.69) is 19.1 Å². The summed E-state index contributed by atoms with van der Waals surface area (Å²) in [6.45, 7) is 2.29. The van der Waals surface area contributed by atoms with Gasteiger partial charge < -0.3 is 20.1 Å². The SMILES string of the molecule is CCCCCCC[C@H](O)C/C=C\CCCCCCCC(=O)C(CCO)CCOC(=O)/C=C/c1ccc(O)cc1. The van der Waals surface area contributed by atoms with E-state index in [9.17, 15) is 24.9 Å². The molecular weight excluding hydrogens is 492 g/mol. The number of carbonyl (C=O) groups is 2.